The van der Waals surface area contributed by atoms with Crippen LogP contribution in [0.4, 0.5) is 5.69 Å². The van der Waals surface area contributed by atoms with Gasteiger partial charge in [-0.3, -0.25) is 9.69 Å². The molecule has 134 valence electrons. The van der Waals surface area contributed by atoms with Crippen LogP contribution >= 0.6 is 22.9 Å². The predicted molar refractivity (Wildman–Crippen MR) is 110 cm³/mol. The Balaban J connectivity index is 1.34. The van der Waals surface area contributed by atoms with Crippen LogP contribution in [0.5, 0.6) is 0 Å². The molecule has 1 saturated heterocycles. The quantitative estimate of drug-likeness (QED) is 0.652. The van der Waals surface area contributed by atoms with Gasteiger partial charge in [-0.05, 0) is 44.1 Å². The lowest BCUT2D eigenvalue weighted by Crippen LogP contribution is -2.37. The molecule has 0 radical (unpaired) electrons. The summed E-state index contributed by atoms with van der Waals surface area (Å²) in [5.41, 5.74) is 0.872. The van der Waals surface area contributed by atoms with Gasteiger partial charge in [0.05, 0.1) is 5.02 Å². The fourth-order valence-corrected chi connectivity index (χ4v) is 5.02. The van der Waals surface area contributed by atoms with E-state index in [9.17, 15) is 4.79 Å². The van der Waals surface area contributed by atoms with Gasteiger partial charge in [-0.2, -0.15) is 0 Å². The molecule has 26 heavy (non-hydrogen) atoms. The molecule has 0 aliphatic carbocycles. The Kier molecular flexibility index (Phi) is 5.25. The average molecular weight is 385 g/mol. The maximum Gasteiger partial charge on any atom is 0.227 e. The maximum atomic E-state index is 12.5. The van der Waals surface area contributed by atoms with Crippen molar-refractivity contribution < 1.29 is 4.79 Å². The minimum Gasteiger partial charge on any atom is -0.326 e. The number of fused-ring (bicyclic) bond motifs is 1. The molecular weight excluding hydrogens is 364 g/mol. The molecule has 0 saturated carbocycles. The molecule has 1 aliphatic rings. The van der Waals surface area contributed by atoms with E-state index in [1.54, 1.807) is 11.3 Å². The molecule has 4 rings (SSSR count). The van der Waals surface area contributed by atoms with Gasteiger partial charge in [0.1, 0.15) is 0 Å². The molecule has 3 nitrogen and oxygen atoms in total. The monoisotopic (exact) mass is 384 g/mol. The first kappa shape index (κ1) is 17.5. The van der Waals surface area contributed by atoms with E-state index in [4.69, 9.17) is 11.6 Å². The largest absolute Gasteiger partial charge is 0.326 e. The zero-order valence-corrected chi connectivity index (χ0v) is 16.0. The Morgan fingerprint density at radius 2 is 1.77 bits per heavy atom. The number of carbonyl (C=O) groups is 1. The molecule has 5 heteroatoms. The third-order valence-electron chi connectivity index (χ3n) is 4.97. The van der Waals surface area contributed by atoms with Crippen LogP contribution in [0.25, 0.3) is 10.1 Å². The number of likely N-dealkylation sites (tertiary alicyclic amines) is 1. The molecule has 1 N–H and O–H groups in total. The van der Waals surface area contributed by atoms with Crippen molar-refractivity contribution in [1.29, 1.82) is 0 Å². The Labute approximate surface area is 162 Å². The first-order chi connectivity index (χ1) is 12.7. The summed E-state index contributed by atoms with van der Waals surface area (Å²) in [6.07, 6.45) is 1.78. The van der Waals surface area contributed by atoms with E-state index in [1.807, 2.05) is 36.4 Å². The van der Waals surface area contributed by atoms with E-state index in [0.29, 0.717) is 0 Å². The number of thiophene rings is 1. The number of piperidine rings is 1. The second-order valence-electron chi connectivity index (χ2n) is 6.74. The maximum absolute atomic E-state index is 12.5. The molecule has 0 bridgehead atoms. The van der Waals surface area contributed by atoms with Crippen molar-refractivity contribution in [2.24, 2.45) is 5.92 Å². The van der Waals surface area contributed by atoms with Crippen molar-refractivity contribution in [2.75, 3.05) is 18.4 Å². The van der Waals surface area contributed by atoms with Crippen LogP contribution in [0.1, 0.15) is 17.7 Å². The van der Waals surface area contributed by atoms with Gasteiger partial charge in [0.25, 0.3) is 0 Å². The Morgan fingerprint density at radius 1 is 1.08 bits per heavy atom. The number of halogens is 1. The molecule has 2 aromatic carbocycles. The summed E-state index contributed by atoms with van der Waals surface area (Å²) in [5, 5.41) is 5.06. The number of amides is 1. The van der Waals surface area contributed by atoms with Crippen LogP contribution < -0.4 is 5.32 Å². The molecule has 1 aliphatic heterocycles. The molecular formula is C21H21ClN2OS. The van der Waals surface area contributed by atoms with Gasteiger partial charge in [-0.15, -0.1) is 11.3 Å². The molecule has 3 aromatic rings. The highest BCUT2D eigenvalue weighted by atomic mass is 35.5. The van der Waals surface area contributed by atoms with Crippen LogP contribution in [0, 0.1) is 5.92 Å². The first-order valence-electron chi connectivity index (χ1n) is 8.95. The number of hydrogen-bond donors (Lipinski definition) is 1. The van der Waals surface area contributed by atoms with Crippen LogP contribution in [0.2, 0.25) is 5.02 Å². The third kappa shape index (κ3) is 3.78. The summed E-state index contributed by atoms with van der Waals surface area (Å²) < 4.78 is 1.24. The number of para-hydroxylation sites is 1. The van der Waals surface area contributed by atoms with Crippen LogP contribution in [-0.4, -0.2) is 23.9 Å². The number of anilines is 1. The smallest absolute Gasteiger partial charge is 0.227 e. The molecule has 0 atom stereocenters. The summed E-state index contributed by atoms with van der Waals surface area (Å²) in [6.45, 7) is 2.72. The lowest BCUT2D eigenvalue weighted by molar-refractivity contribution is -0.121. The number of nitrogens with zero attached hydrogens (tertiary/aromatic N) is 1. The number of nitrogens with one attached hydrogen (secondary N) is 1. The molecule has 0 spiro atoms. The van der Waals surface area contributed by atoms with E-state index in [0.717, 1.165) is 48.6 Å². The lowest BCUT2D eigenvalue weighted by Gasteiger charge is -2.31. The van der Waals surface area contributed by atoms with Gasteiger partial charge in [0, 0.05) is 33.1 Å². The van der Waals surface area contributed by atoms with Gasteiger partial charge < -0.3 is 5.32 Å². The fraction of sp³-hybridized carbons (Fsp3) is 0.286. The van der Waals surface area contributed by atoms with Crippen molar-refractivity contribution in [1.82, 2.24) is 4.90 Å². The summed E-state index contributed by atoms with van der Waals surface area (Å²) >= 11 is 8.34. The molecule has 1 fully saturated rings. The van der Waals surface area contributed by atoms with E-state index >= 15 is 0 Å². The zero-order chi connectivity index (χ0) is 17.9. The zero-order valence-electron chi connectivity index (χ0n) is 14.5. The van der Waals surface area contributed by atoms with Gasteiger partial charge >= 0.3 is 0 Å². The first-order valence-corrected chi connectivity index (χ1v) is 10.1. The number of hydrogen-bond acceptors (Lipinski definition) is 3. The number of rotatable bonds is 4. The molecule has 1 aromatic heterocycles. The molecule has 1 amide bonds. The summed E-state index contributed by atoms with van der Waals surface area (Å²) in [6, 6.07) is 18.0. The molecule has 2 heterocycles. The highest BCUT2D eigenvalue weighted by Crippen LogP contribution is 2.36. The topological polar surface area (TPSA) is 32.3 Å². The van der Waals surface area contributed by atoms with Crippen molar-refractivity contribution in [3.05, 3.63) is 64.5 Å². The van der Waals surface area contributed by atoms with Gasteiger partial charge in [-0.1, -0.05) is 48.0 Å². The third-order valence-corrected chi connectivity index (χ3v) is 6.67. The van der Waals surface area contributed by atoms with E-state index in [2.05, 4.69) is 28.4 Å². The Bertz CT molecular complexity index is 901. The summed E-state index contributed by atoms with van der Waals surface area (Å²) in [7, 11) is 0. The second-order valence-corrected chi connectivity index (χ2v) is 8.26. The van der Waals surface area contributed by atoms with E-state index in [-0.39, 0.29) is 11.8 Å². The van der Waals surface area contributed by atoms with E-state index < -0.39 is 0 Å². The standard InChI is InChI=1S/C21H21ClN2OS/c22-20-17-8-4-5-9-18(17)26-19(20)14-24-12-10-15(11-13-24)21(25)23-16-6-2-1-3-7-16/h1-9,15H,10-14H2,(H,23,25). The molecule has 0 unspecified atom stereocenters. The lowest BCUT2D eigenvalue weighted by atomic mass is 9.95. The normalized spacial score (nSPS) is 16.0. The van der Waals surface area contributed by atoms with Crippen molar-refractivity contribution >= 4 is 44.6 Å². The van der Waals surface area contributed by atoms with Crippen LogP contribution in [-0.2, 0) is 11.3 Å². The Hall–Kier alpha value is -1.88. The van der Waals surface area contributed by atoms with Crippen molar-refractivity contribution in [2.45, 2.75) is 19.4 Å². The van der Waals surface area contributed by atoms with Gasteiger partial charge in [-0.25, -0.2) is 0 Å². The second kappa shape index (κ2) is 7.78. The van der Waals surface area contributed by atoms with Crippen LogP contribution in [0.15, 0.2) is 54.6 Å². The predicted octanol–water partition coefficient (Wildman–Crippen LogP) is 5.41. The SMILES string of the molecule is O=C(Nc1ccccc1)C1CCN(Cc2sc3ccccc3c2Cl)CC1. The van der Waals surface area contributed by atoms with Crippen molar-refractivity contribution in [3.63, 3.8) is 0 Å². The number of benzene rings is 2. The fourth-order valence-electron chi connectivity index (χ4n) is 3.49. The van der Waals surface area contributed by atoms with Crippen molar-refractivity contribution in [3.8, 4) is 0 Å². The minimum atomic E-state index is 0.0873. The van der Waals surface area contributed by atoms with Crippen LogP contribution in [0.3, 0.4) is 0 Å². The number of carbonyl (C=O) groups excluding carboxylic acids is 1. The van der Waals surface area contributed by atoms with E-state index in [1.165, 1.54) is 9.58 Å². The summed E-state index contributed by atoms with van der Waals surface area (Å²) in [4.78, 5) is 16.1. The highest BCUT2D eigenvalue weighted by Gasteiger charge is 2.26. The minimum absolute atomic E-state index is 0.0873. The van der Waals surface area contributed by atoms with Gasteiger partial charge in [0.2, 0.25) is 5.91 Å². The highest BCUT2D eigenvalue weighted by molar-refractivity contribution is 7.19. The Morgan fingerprint density at radius 3 is 2.50 bits per heavy atom. The average Bonchev–Trinajstić information content (AvgIpc) is 2.99. The van der Waals surface area contributed by atoms with Gasteiger partial charge in [0.15, 0.2) is 0 Å². The summed E-state index contributed by atoms with van der Waals surface area (Å²) in [5.74, 6) is 0.222.